The van der Waals surface area contributed by atoms with E-state index < -0.39 is 0 Å². The van der Waals surface area contributed by atoms with E-state index in [0.717, 1.165) is 13.1 Å². The summed E-state index contributed by atoms with van der Waals surface area (Å²) in [5, 5.41) is 2.08. The van der Waals surface area contributed by atoms with Crippen molar-refractivity contribution in [2.75, 3.05) is 19.7 Å². The van der Waals surface area contributed by atoms with Crippen LogP contribution < -0.4 is 17.7 Å². The van der Waals surface area contributed by atoms with Gasteiger partial charge in [0, 0.05) is 5.57 Å². The van der Waals surface area contributed by atoms with Crippen LogP contribution in [-0.4, -0.2) is 25.7 Å². The van der Waals surface area contributed by atoms with Crippen molar-refractivity contribution < 1.29 is 27.3 Å². The number of rotatable bonds is 5. The highest BCUT2D eigenvalue weighted by molar-refractivity contribution is 5.86. The van der Waals surface area contributed by atoms with E-state index in [-0.39, 0.29) is 18.4 Å². The van der Waals surface area contributed by atoms with Gasteiger partial charge in [-0.15, -0.1) is 0 Å². The lowest BCUT2D eigenvalue weighted by molar-refractivity contribution is -0.652. The summed E-state index contributed by atoms with van der Waals surface area (Å²) in [4.78, 5) is 10.8. The molecule has 2 N–H and O–H groups in total. The van der Waals surface area contributed by atoms with Crippen molar-refractivity contribution in [2.45, 2.75) is 13.8 Å². The zero-order chi connectivity index (χ0) is 8.69. The van der Waals surface area contributed by atoms with Crippen molar-refractivity contribution >= 4 is 5.97 Å². The van der Waals surface area contributed by atoms with E-state index >= 15 is 0 Å². The Morgan fingerprint density at radius 3 is 2.58 bits per heavy atom. The van der Waals surface area contributed by atoms with Crippen LogP contribution in [0, 0.1) is 0 Å². The van der Waals surface area contributed by atoms with Crippen molar-refractivity contribution in [3.63, 3.8) is 0 Å². The number of carbonyl (C=O) groups excluding carboxylic acids is 1. The van der Waals surface area contributed by atoms with Crippen molar-refractivity contribution in [3.05, 3.63) is 12.2 Å². The third-order valence-corrected chi connectivity index (χ3v) is 1.19. The third kappa shape index (κ3) is 7.57. The minimum absolute atomic E-state index is 0. The quantitative estimate of drug-likeness (QED) is 0.282. The Kier molecular flexibility index (Phi) is 9.99. The zero-order valence-electron chi connectivity index (χ0n) is 7.60. The molecule has 0 fully saturated rings. The fourth-order valence-electron chi connectivity index (χ4n) is 0.562. The highest BCUT2D eigenvalue weighted by Crippen LogP contribution is 1.89. The summed E-state index contributed by atoms with van der Waals surface area (Å²) in [5.74, 6) is -0.297. The van der Waals surface area contributed by atoms with Crippen molar-refractivity contribution in [3.8, 4) is 0 Å². The Hall–Kier alpha value is -0.540. The molecule has 0 heterocycles. The second-order valence-electron chi connectivity index (χ2n) is 2.40. The molecule has 0 bridgehead atoms. The van der Waals surface area contributed by atoms with Gasteiger partial charge in [-0.3, -0.25) is 0 Å². The molecule has 0 aliphatic carbocycles. The molecule has 0 unspecified atom stereocenters. The molecule has 0 spiro atoms. The molecule has 0 atom stereocenters. The molecule has 0 aromatic rings. The van der Waals surface area contributed by atoms with Gasteiger partial charge in [-0.05, 0) is 13.8 Å². The molecule has 0 saturated carbocycles. The lowest BCUT2D eigenvalue weighted by Crippen LogP contribution is -3.00. The summed E-state index contributed by atoms with van der Waals surface area (Å²) in [5.41, 5.74) is 0.460. The topological polar surface area (TPSA) is 42.9 Å². The summed E-state index contributed by atoms with van der Waals surface area (Å²) in [6.07, 6.45) is 0. The number of likely N-dealkylation sites (N-methyl/N-ethyl adjacent to an activating group) is 1. The first-order chi connectivity index (χ1) is 5.18. The molecule has 0 radical (unpaired) electrons. The summed E-state index contributed by atoms with van der Waals surface area (Å²) in [7, 11) is 0. The minimum atomic E-state index is -0.297. The second-order valence-corrected chi connectivity index (χ2v) is 2.40. The van der Waals surface area contributed by atoms with Crippen LogP contribution in [0.25, 0.3) is 0 Å². The molecule has 0 rings (SSSR count). The van der Waals surface area contributed by atoms with Gasteiger partial charge in [0.15, 0.2) is 0 Å². The van der Waals surface area contributed by atoms with Gasteiger partial charge in [-0.1, -0.05) is 6.58 Å². The average Bonchev–Trinajstić information content (AvgIpc) is 1.97. The van der Waals surface area contributed by atoms with Gasteiger partial charge >= 0.3 is 5.97 Å². The Morgan fingerprint density at radius 2 is 2.17 bits per heavy atom. The maximum atomic E-state index is 10.8. The highest BCUT2D eigenvalue weighted by Gasteiger charge is 2.01. The fourth-order valence-corrected chi connectivity index (χ4v) is 0.562. The van der Waals surface area contributed by atoms with Gasteiger partial charge in [-0.25, -0.2) is 4.79 Å². The Labute approximate surface area is 79.6 Å². The SMILES string of the molecule is C=C(C)C(=O)OCC[NH2+]CC.[Cl-]. The van der Waals surface area contributed by atoms with E-state index in [1.807, 2.05) is 0 Å². The number of quaternary nitrogens is 1. The van der Waals surface area contributed by atoms with E-state index in [0.29, 0.717) is 12.2 Å². The van der Waals surface area contributed by atoms with E-state index in [2.05, 4.69) is 18.8 Å². The molecule has 0 aliphatic heterocycles. The van der Waals surface area contributed by atoms with Crippen LogP contribution >= 0.6 is 0 Å². The molecule has 0 aromatic heterocycles. The summed E-state index contributed by atoms with van der Waals surface area (Å²) < 4.78 is 4.84. The molecule has 72 valence electrons. The van der Waals surface area contributed by atoms with Gasteiger partial charge in [0.1, 0.15) is 13.2 Å². The monoisotopic (exact) mass is 193 g/mol. The number of halogens is 1. The molecule has 4 heteroatoms. The van der Waals surface area contributed by atoms with Gasteiger partial charge in [0.2, 0.25) is 0 Å². The number of esters is 1. The Bertz CT molecular complexity index is 148. The van der Waals surface area contributed by atoms with E-state index in [1.165, 1.54) is 0 Å². The molecule has 12 heavy (non-hydrogen) atoms. The largest absolute Gasteiger partial charge is 1.00 e. The van der Waals surface area contributed by atoms with Crippen LogP contribution in [0.5, 0.6) is 0 Å². The first-order valence-electron chi connectivity index (χ1n) is 3.82. The summed E-state index contributed by atoms with van der Waals surface area (Å²) in [6, 6.07) is 0. The van der Waals surface area contributed by atoms with Crippen molar-refractivity contribution in [1.82, 2.24) is 0 Å². The number of hydrogen-bond donors (Lipinski definition) is 1. The van der Waals surface area contributed by atoms with Gasteiger partial charge in [0.05, 0.1) is 6.54 Å². The minimum Gasteiger partial charge on any atom is -1.00 e. The van der Waals surface area contributed by atoms with Crippen LogP contribution in [0.2, 0.25) is 0 Å². The van der Waals surface area contributed by atoms with Crippen LogP contribution in [0.1, 0.15) is 13.8 Å². The Morgan fingerprint density at radius 1 is 1.58 bits per heavy atom. The average molecular weight is 194 g/mol. The Balaban J connectivity index is 0. The third-order valence-electron chi connectivity index (χ3n) is 1.19. The predicted octanol–water partition coefficient (Wildman–Crippen LogP) is -3.31. The smallest absolute Gasteiger partial charge is 0.333 e. The van der Waals surface area contributed by atoms with Crippen LogP contribution in [0.15, 0.2) is 12.2 Å². The zero-order valence-corrected chi connectivity index (χ0v) is 8.36. The number of ether oxygens (including phenoxy) is 1. The molecule has 0 aliphatic rings. The highest BCUT2D eigenvalue weighted by atomic mass is 35.5. The number of hydrogen-bond acceptors (Lipinski definition) is 2. The first kappa shape index (κ1) is 14.0. The molecular formula is C8H16ClNO2. The molecule has 0 saturated heterocycles. The van der Waals surface area contributed by atoms with E-state index in [4.69, 9.17) is 4.74 Å². The molecule has 3 nitrogen and oxygen atoms in total. The van der Waals surface area contributed by atoms with Crippen molar-refractivity contribution in [2.24, 2.45) is 0 Å². The molecular weight excluding hydrogens is 178 g/mol. The maximum Gasteiger partial charge on any atom is 0.333 e. The van der Waals surface area contributed by atoms with E-state index in [9.17, 15) is 4.79 Å². The summed E-state index contributed by atoms with van der Waals surface area (Å²) in [6.45, 7) is 9.49. The van der Waals surface area contributed by atoms with Gasteiger partial charge < -0.3 is 22.5 Å². The molecule has 0 aromatic carbocycles. The first-order valence-corrected chi connectivity index (χ1v) is 3.82. The lowest BCUT2D eigenvalue weighted by atomic mass is 10.4. The predicted molar refractivity (Wildman–Crippen MR) is 43.1 cm³/mol. The van der Waals surface area contributed by atoms with Gasteiger partial charge in [0.25, 0.3) is 0 Å². The lowest BCUT2D eigenvalue weighted by Gasteiger charge is -2.01. The molecule has 0 amide bonds. The number of carbonyl (C=O) groups is 1. The van der Waals surface area contributed by atoms with E-state index in [1.54, 1.807) is 6.92 Å². The maximum absolute atomic E-state index is 10.8. The second kappa shape index (κ2) is 8.56. The standard InChI is InChI=1S/C8H15NO2.ClH/c1-4-9-5-6-11-8(10)7(2)3;/h9H,2,4-6H2,1,3H3;1H. The van der Waals surface area contributed by atoms with Crippen LogP contribution in [-0.2, 0) is 9.53 Å². The van der Waals surface area contributed by atoms with Crippen molar-refractivity contribution in [1.29, 1.82) is 0 Å². The van der Waals surface area contributed by atoms with Crippen LogP contribution in [0.4, 0.5) is 0 Å². The van der Waals surface area contributed by atoms with Gasteiger partial charge in [-0.2, -0.15) is 0 Å². The summed E-state index contributed by atoms with van der Waals surface area (Å²) >= 11 is 0. The normalized spacial score (nSPS) is 8.50. The van der Waals surface area contributed by atoms with Crippen LogP contribution in [0.3, 0.4) is 0 Å². The fraction of sp³-hybridized carbons (Fsp3) is 0.625. The number of nitrogens with two attached hydrogens (primary N) is 1.